The van der Waals surface area contributed by atoms with Gasteiger partial charge in [0.15, 0.2) is 0 Å². The van der Waals surface area contributed by atoms with Gasteiger partial charge in [-0.15, -0.1) is 0 Å². The lowest BCUT2D eigenvalue weighted by atomic mass is 9.77. The molecule has 3 rings (SSSR count). The van der Waals surface area contributed by atoms with Gasteiger partial charge < -0.3 is 10.6 Å². The van der Waals surface area contributed by atoms with Crippen molar-refractivity contribution in [3.63, 3.8) is 0 Å². The van der Waals surface area contributed by atoms with Crippen LogP contribution in [0, 0.1) is 11.8 Å². The number of fused-ring (bicyclic) bond motifs is 1. The minimum Gasteiger partial charge on any atom is -0.324 e. The first-order chi connectivity index (χ1) is 10.1. The lowest BCUT2D eigenvalue weighted by Gasteiger charge is -2.36. The van der Waals surface area contributed by atoms with Crippen LogP contribution in [0.3, 0.4) is 0 Å². The zero-order valence-corrected chi connectivity index (χ0v) is 13.1. The number of amides is 1. The van der Waals surface area contributed by atoms with Crippen LogP contribution < -0.4 is 10.6 Å². The van der Waals surface area contributed by atoms with Crippen LogP contribution in [0.4, 0.5) is 5.69 Å². The molecule has 2 aliphatic rings. The van der Waals surface area contributed by atoms with Crippen molar-refractivity contribution >= 4 is 11.6 Å². The Morgan fingerprint density at radius 1 is 1.14 bits per heavy atom. The second kappa shape index (κ2) is 6.18. The smallest absolute Gasteiger partial charge is 0.241 e. The molecule has 1 aromatic carbocycles. The van der Waals surface area contributed by atoms with E-state index < -0.39 is 0 Å². The predicted octanol–water partition coefficient (Wildman–Crippen LogP) is 3.35. The van der Waals surface area contributed by atoms with Crippen LogP contribution in [0.15, 0.2) is 24.3 Å². The third kappa shape index (κ3) is 3.13. The third-order valence-corrected chi connectivity index (χ3v) is 5.42. The number of carbonyl (C=O) groups is 1. The minimum absolute atomic E-state index is 0.0600. The van der Waals surface area contributed by atoms with E-state index in [2.05, 4.69) is 30.5 Å². The zero-order valence-electron chi connectivity index (χ0n) is 13.1. The highest BCUT2D eigenvalue weighted by Gasteiger charge is 2.31. The fourth-order valence-corrected chi connectivity index (χ4v) is 3.75. The molecule has 2 N–H and O–H groups in total. The second-order valence-electron chi connectivity index (χ2n) is 6.78. The monoisotopic (exact) mass is 286 g/mol. The normalized spacial score (nSPS) is 33.0. The molecular formula is C18H26N2O. The quantitative estimate of drug-likeness (QED) is 0.875. The highest BCUT2D eigenvalue weighted by molar-refractivity contribution is 5.96. The highest BCUT2D eigenvalue weighted by Crippen LogP contribution is 2.30. The molecule has 0 radical (unpaired) electrons. The molecular weight excluding hydrogens is 260 g/mol. The molecule has 0 saturated heterocycles. The van der Waals surface area contributed by atoms with Gasteiger partial charge in [0.1, 0.15) is 0 Å². The van der Waals surface area contributed by atoms with E-state index in [9.17, 15) is 4.79 Å². The standard InChI is InChI=1S/C18H26N2O/c1-12-6-5-9-15(13(12)2)19-17-11-10-14-7-3-4-8-16(14)20-18(17)21/h3-4,7-8,12-13,15,17,19H,5-6,9-11H2,1-2H3,(H,20,21). The van der Waals surface area contributed by atoms with Gasteiger partial charge in [0.25, 0.3) is 0 Å². The Labute approximate surface area is 127 Å². The van der Waals surface area contributed by atoms with E-state index >= 15 is 0 Å². The van der Waals surface area contributed by atoms with Crippen molar-refractivity contribution in [2.24, 2.45) is 11.8 Å². The number of carbonyl (C=O) groups excluding carboxylic acids is 1. The number of hydrogen-bond acceptors (Lipinski definition) is 2. The van der Waals surface area contributed by atoms with Crippen molar-refractivity contribution in [2.45, 2.75) is 58.0 Å². The van der Waals surface area contributed by atoms with Gasteiger partial charge in [-0.05, 0) is 42.7 Å². The van der Waals surface area contributed by atoms with Gasteiger partial charge in [-0.2, -0.15) is 0 Å². The third-order valence-electron chi connectivity index (χ3n) is 5.42. The molecule has 21 heavy (non-hydrogen) atoms. The van der Waals surface area contributed by atoms with Crippen LogP contribution in [-0.4, -0.2) is 18.0 Å². The SMILES string of the molecule is CC1CCCC(NC2CCc3ccccc3NC2=O)C1C. The Balaban J connectivity index is 1.68. The predicted molar refractivity (Wildman–Crippen MR) is 86.3 cm³/mol. The molecule has 1 aliphatic carbocycles. The van der Waals surface area contributed by atoms with Crippen molar-refractivity contribution in [2.75, 3.05) is 5.32 Å². The summed E-state index contributed by atoms with van der Waals surface area (Å²) in [6, 6.07) is 8.56. The molecule has 0 bridgehead atoms. The van der Waals surface area contributed by atoms with E-state index in [1.165, 1.54) is 24.8 Å². The van der Waals surface area contributed by atoms with E-state index in [1.807, 2.05) is 18.2 Å². The summed E-state index contributed by atoms with van der Waals surface area (Å²) in [5.74, 6) is 1.53. The highest BCUT2D eigenvalue weighted by atomic mass is 16.2. The maximum atomic E-state index is 12.5. The molecule has 1 heterocycles. The summed E-state index contributed by atoms with van der Waals surface area (Å²) in [5.41, 5.74) is 2.23. The fourth-order valence-electron chi connectivity index (χ4n) is 3.75. The van der Waals surface area contributed by atoms with E-state index in [0.717, 1.165) is 24.4 Å². The van der Waals surface area contributed by atoms with Crippen LogP contribution in [0.5, 0.6) is 0 Å². The summed E-state index contributed by atoms with van der Waals surface area (Å²) in [5, 5.41) is 6.74. The van der Waals surface area contributed by atoms with Crippen molar-refractivity contribution in [1.82, 2.24) is 5.32 Å². The van der Waals surface area contributed by atoms with Gasteiger partial charge >= 0.3 is 0 Å². The van der Waals surface area contributed by atoms with E-state index in [4.69, 9.17) is 0 Å². The molecule has 1 saturated carbocycles. The van der Waals surface area contributed by atoms with Gasteiger partial charge in [0.05, 0.1) is 6.04 Å². The van der Waals surface area contributed by atoms with Crippen molar-refractivity contribution in [3.05, 3.63) is 29.8 Å². The van der Waals surface area contributed by atoms with E-state index in [0.29, 0.717) is 12.0 Å². The van der Waals surface area contributed by atoms with Crippen LogP contribution in [0.25, 0.3) is 0 Å². The van der Waals surface area contributed by atoms with Gasteiger partial charge in [0.2, 0.25) is 5.91 Å². The summed E-state index contributed by atoms with van der Waals surface area (Å²) < 4.78 is 0. The molecule has 0 spiro atoms. The topological polar surface area (TPSA) is 41.1 Å². The number of aryl methyl sites for hydroxylation is 1. The number of hydrogen-bond donors (Lipinski definition) is 2. The van der Waals surface area contributed by atoms with Gasteiger partial charge in [-0.25, -0.2) is 0 Å². The Kier molecular flexibility index (Phi) is 4.29. The molecule has 0 aromatic heterocycles. The van der Waals surface area contributed by atoms with E-state index in [1.54, 1.807) is 0 Å². The lowest BCUT2D eigenvalue weighted by Crippen LogP contribution is -2.50. The van der Waals surface area contributed by atoms with Gasteiger partial charge in [-0.3, -0.25) is 4.79 Å². The van der Waals surface area contributed by atoms with Crippen LogP contribution in [0.1, 0.15) is 45.1 Å². The fraction of sp³-hybridized carbons (Fsp3) is 0.611. The number of nitrogens with one attached hydrogen (secondary N) is 2. The molecule has 1 aromatic rings. The second-order valence-corrected chi connectivity index (χ2v) is 6.78. The minimum atomic E-state index is -0.0600. The Hall–Kier alpha value is -1.35. The molecule has 1 aliphatic heterocycles. The molecule has 114 valence electrons. The largest absolute Gasteiger partial charge is 0.324 e. The Morgan fingerprint density at radius 3 is 2.81 bits per heavy atom. The maximum absolute atomic E-state index is 12.5. The summed E-state index contributed by atoms with van der Waals surface area (Å²) in [6.07, 6.45) is 5.64. The average Bonchev–Trinajstić information content (AvgIpc) is 2.63. The van der Waals surface area contributed by atoms with Crippen LogP contribution in [-0.2, 0) is 11.2 Å². The van der Waals surface area contributed by atoms with Crippen molar-refractivity contribution in [3.8, 4) is 0 Å². The number of benzene rings is 1. The summed E-state index contributed by atoms with van der Waals surface area (Å²) in [7, 11) is 0. The summed E-state index contributed by atoms with van der Waals surface area (Å²) in [4.78, 5) is 12.5. The lowest BCUT2D eigenvalue weighted by molar-refractivity contribution is -0.118. The zero-order chi connectivity index (χ0) is 14.8. The first-order valence-corrected chi connectivity index (χ1v) is 8.30. The Bertz CT molecular complexity index is 514. The summed E-state index contributed by atoms with van der Waals surface area (Å²) in [6.45, 7) is 4.66. The maximum Gasteiger partial charge on any atom is 0.241 e. The average molecular weight is 286 g/mol. The first kappa shape index (κ1) is 14.6. The molecule has 1 fully saturated rings. The number of para-hydroxylation sites is 1. The van der Waals surface area contributed by atoms with Gasteiger partial charge in [-0.1, -0.05) is 44.9 Å². The van der Waals surface area contributed by atoms with Crippen molar-refractivity contribution in [1.29, 1.82) is 0 Å². The van der Waals surface area contributed by atoms with Gasteiger partial charge in [0, 0.05) is 11.7 Å². The molecule has 1 amide bonds. The van der Waals surface area contributed by atoms with Crippen molar-refractivity contribution < 1.29 is 4.79 Å². The first-order valence-electron chi connectivity index (χ1n) is 8.30. The number of anilines is 1. The number of rotatable bonds is 2. The van der Waals surface area contributed by atoms with E-state index in [-0.39, 0.29) is 11.9 Å². The molecule has 3 heteroatoms. The van der Waals surface area contributed by atoms with Crippen LogP contribution in [0.2, 0.25) is 0 Å². The summed E-state index contributed by atoms with van der Waals surface area (Å²) >= 11 is 0. The molecule has 3 nitrogen and oxygen atoms in total. The molecule has 4 atom stereocenters. The Morgan fingerprint density at radius 2 is 1.95 bits per heavy atom. The molecule has 4 unspecified atom stereocenters. The van der Waals surface area contributed by atoms with Crippen LogP contribution >= 0.6 is 0 Å².